The molecule has 0 spiro atoms. The lowest BCUT2D eigenvalue weighted by molar-refractivity contribution is -0.0757. The average Bonchev–Trinajstić information content (AvgIpc) is 2.24. The van der Waals surface area contributed by atoms with E-state index in [0.29, 0.717) is 12.3 Å². The Bertz CT molecular complexity index is 433. The topological polar surface area (TPSA) is 40.5 Å². The zero-order valence-electron chi connectivity index (χ0n) is 11.1. The molecule has 94 valence electrons. The van der Waals surface area contributed by atoms with E-state index in [4.69, 9.17) is 0 Å². The first-order valence-corrected chi connectivity index (χ1v) is 6.37. The Morgan fingerprint density at radius 3 is 2.59 bits per heavy atom. The highest BCUT2D eigenvalue weighted by atomic mass is 16.3. The summed E-state index contributed by atoms with van der Waals surface area (Å²) < 4.78 is 0. The fourth-order valence-corrected chi connectivity index (χ4v) is 2.78. The maximum absolute atomic E-state index is 10.4. The lowest BCUT2D eigenvalue weighted by Crippen LogP contribution is -2.38. The van der Waals surface area contributed by atoms with Crippen LogP contribution in [0.1, 0.15) is 61.5 Å². The predicted octanol–water partition coefficient (Wildman–Crippen LogP) is 2.85. The smallest absolute Gasteiger partial charge is 0.108 e. The highest BCUT2D eigenvalue weighted by Crippen LogP contribution is 2.42. The van der Waals surface area contributed by atoms with Crippen LogP contribution < -0.4 is 0 Å². The molecule has 0 saturated heterocycles. The summed E-state index contributed by atoms with van der Waals surface area (Å²) in [6.45, 7) is 8.06. The second kappa shape index (κ2) is 4.11. The third kappa shape index (κ3) is 2.00. The molecular formula is C15H22O2. The molecule has 0 amide bonds. The molecule has 2 nitrogen and oxygen atoms in total. The molecule has 0 aliphatic heterocycles. The van der Waals surface area contributed by atoms with E-state index >= 15 is 0 Å². The van der Waals surface area contributed by atoms with Gasteiger partial charge in [-0.05, 0) is 54.9 Å². The molecule has 17 heavy (non-hydrogen) atoms. The summed E-state index contributed by atoms with van der Waals surface area (Å²) in [6, 6.07) is 4.21. The van der Waals surface area contributed by atoms with Crippen molar-refractivity contribution in [2.24, 2.45) is 0 Å². The van der Waals surface area contributed by atoms with Gasteiger partial charge in [0.2, 0.25) is 0 Å². The van der Waals surface area contributed by atoms with Gasteiger partial charge in [-0.15, -0.1) is 0 Å². The first kappa shape index (κ1) is 12.6. The van der Waals surface area contributed by atoms with E-state index in [2.05, 4.69) is 32.9 Å². The van der Waals surface area contributed by atoms with Crippen molar-refractivity contribution in [3.8, 4) is 0 Å². The first-order chi connectivity index (χ1) is 7.84. The van der Waals surface area contributed by atoms with Crippen molar-refractivity contribution in [1.82, 2.24) is 0 Å². The van der Waals surface area contributed by atoms with Crippen molar-refractivity contribution < 1.29 is 10.2 Å². The van der Waals surface area contributed by atoms with Gasteiger partial charge in [-0.1, -0.05) is 26.0 Å². The van der Waals surface area contributed by atoms with Gasteiger partial charge in [0, 0.05) is 0 Å². The van der Waals surface area contributed by atoms with Gasteiger partial charge in [-0.2, -0.15) is 0 Å². The fourth-order valence-electron chi connectivity index (χ4n) is 2.78. The molecule has 0 heterocycles. The van der Waals surface area contributed by atoms with E-state index in [1.807, 2.05) is 0 Å². The van der Waals surface area contributed by atoms with Gasteiger partial charge in [0.25, 0.3) is 0 Å². The van der Waals surface area contributed by atoms with Crippen LogP contribution in [0.5, 0.6) is 0 Å². The Morgan fingerprint density at radius 2 is 2.00 bits per heavy atom. The first-order valence-electron chi connectivity index (χ1n) is 6.37. The molecule has 2 N–H and O–H groups in total. The number of aryl methyl sites for hydroxylation is 1. The second-order valence-corrected chi connectivity index (χ2v) is 5.78. The number of benzene rings is 1. The minimum Gasteiger partial charge on any atom is -0.387 e. The van der Waals surface area contributed by atoms with E-state index in [1.165, 1.54) is 11.1 Å². The highest BCUT2D eigenvalue weighted by Gasteiger charge is 2.38. The van der Waals surface area contributed by atoms with Gasteiger partial charge >= 0.3 is 0 Å². The van der Waals surface area contributed by atoms with Crippen LogP contribution in [-0.4, -0.2) is 15.8 Å². The van der Waals surface area contributed by atoms with Crippen LogP contribution in [0.15, 0.2) is 12.1 Å². The molecule has 1 aromatic carbocycles. The summed E-state index contributed by atoms with van der Waals surface area (Å²) in [7, 11) is 0. The van der Waals surface area contributed by atoms with Crippen LogP contribution >= 0.6 is 0 Å². The van der Waals surface area contributed by atoms with Crippen LogP contribution in [0.4, 0.5) is 0 Å². The van der Waals surface area contributed by atoms with Crippen molar-refractivity contribution in [3.63, 3.8) is 0 Å². The largest absolute Gasteiger partial charge is 0.387 e. The number of hydrogen-bond donors (Lipinski definition) is 2. The summed E-state index contributed by atoms with van der Waals surface area (Å²) in [5.41, 5.74) is 3.59. The number of rotatable bonds is 1. The molecule has 2 atom stereocenters. The summed E-state index contributed by atoms with van der Waals surface area (Å²) in [4.78, 5) is 0. The Kier molecular flexibility index (Phi) is 3.04. The molecular weight excluding hydrogens is 212 g/mol. The molecule has 0 fully saturated rings. The quantitative estimate of drug-likeness (QED) is 0.784. The molecule has 0 bridgehead atoms. The van der Waals surface area contributed by atoms with E-state index in [9.17, 15) is 10.2 Å². The predicted molar refractivity (Wildman–Crippen MR) is 69.2 cm³/mol. The minimum absolute atomic E-state index is 0.368. The van der Waals surface area contributed by atoms with Crippen molar-refractivity contribution in [2.45, 2.75) is 58.2 Å². The Balaban J connectivity index is 2.63. The molecule has 2 rings (SSSR count). The Labute approximate surface area is 103 Å². The van der Waals surface area contributed by atoms with Crippen LogP contribution in [0, 0.1) is 6.92 Å². The number of fused-ring (bicyclic) bond motifs is 1. The summed E-state index contributed by atoms with van der Waals surface area (Å²) in [5, 5.41) is 20.6. The standard InChI is InChI=1S/C15H22O2/c1-9(2)11-6-5-10(3)12-7-8-15(4,17)14(16)13(11)12/h5-6,9,14,16-17H,7-8H2,1-4H3/t14-,15+/m1/s1. The maximum atomic E-state index is 10.4. The van der Waals surface area contributed by atoms with Gasteiger partial charge in [-0.25, -0.2) is 0 Å². The molecule has 1 aliphatic rings. The molecule has 1 aromatic rings. The molecule has 1 aliphatic carbocycles. The van der Waals surface area contributed by atoms with Crippen molar-refractivity contribution >= 4 is 0 Å². The van der Waals surface area contributed by atoms with Crippen LogP contribution in [0.2, 0.25) is 0 Å². The lowest BCUT2D eigenvalue weighted by atomic mass is 9.74. The minimum atomic E-state index is -0.996. The van der Waals surface area contributed by atoms with Gasteiger partial charge < -0.3 is 10.2 Å². The highest BCUT2D eigenvalue weighted by molar-refractivity contribution is 5.46. The summed E-state index contributed by atoms with van der Waals surface area (Å²) in [5.74, 6) is 0.368. The lowest BCUT2D eigenvalue weighted by Gasteiger charge is -2.38. The normalized spacial score (nSPS) is 28.3. The Morgan fingerprint density at radius 1 is 1.35 bits per heavy atom. The van der Waals surface area contributed by atoms with Crippen molar-refractivity contribution in [3.05, 3.63) is 34.4 Å². The Hall–Kier alpha value is -0.860. The van der Waals surface area contributed by atoms with Gasteiger partial charge in [0.1, 0.15) is 6.10 Å². The molecule has 0 unspecified atom stereocenters. The zero-order valence-corrected chi connectivity index (χ0v) is 11.1. The van der Waals surface area contributed by atoms with Crippen LogP contribution in [0.25, 0.3) is 0 Å². The van der Waals surface area contributed by atoms with Gasteiger partial charge in [0.15, 0.2) is 0 Å². The maximum Gasteiger partial charge on any atom is 0.108 e. The van der Waals surface area contributed by atoms with Crippen LogP contribution in [0.3, 0.4) is 0 Å². The van der Waals surface area contributed by atoms with Crippen molar-refractivity contribution in [2.75, 3.05) is 0 Å². The number of hydrogen-bond acceptors (Lipinski definition) is 2. The van der Waals surface area contributed by atoms with Crippen LogP contribution in [-0.2, 0) is 6.42 Å². The monoisotopic (exact) mass is 234 g/mol. The van der Waals surface area contributed by atoms with E-state index in [0.717, 1.165) is 17.5 Å². The molecule has 0 radical (unpaired) electrons. The van der Waals surface area contributed by atoms with E-state index in [1.54, 1.807) is 6.92 Å². The molecule has 0 saturated carbocycles. The number of aliphatic hydroxyl groups is 2. The van der Waals surface area contributed by atoms with Crippen molar-refractivity contribution in [1.29, 1.82) is 0 Å². The van der Waals surface area contributed by atoms with E-state index < -0.39 is 11.7 Å². The van der Waals surface area contributed by atoms with E-state index in [-0.39, 0.29) is 0 Å². The molecule has 2 heteroatoms. The summed E-state index contributed by atoms with van der Waals surface area (Å²) in [6.07, 6.45) is 0.721. The fraction of sp³-hybridized carbons (Fsp3) is 0.600. The van der Waals surface area contributed by atoms with Gasteiger partial charge in [0.05, 0.1) is 5.60 Å². The SMILES string of the molecule is Cc1ccc(C(C)C)c2c1CC[C@](C)(O)[C@@H]2O. The summed E-state index contributed by atoms with van der Waals surface area (Å²) >= 11 is 0. The number of aliphatic hydroxyl groups excluding tert-OH is 1. The third-order valence-electron chi connectivity index (χ3n) is 3.99. The third-order valence-corrected chi connectivity index (χ3v) is 3.99. The zero-order chi connectivity index (χ0) is 12.8. The second-order valence-electron chi connectivity index (χ2n) is 5.78. The molecule has 0 aromatic heterocycles. The average molecular weight is 234 g/mol. The van der Waals surface area contributed by atoms with Gasteiger partial charge in [-0.3, -0.25) is 0 Å².